The van der Waals surface area contributed by atoms with Gasteiger partial charge >= 0.3 is 13.8 Å². The van der Waals surface area contributed by atoms with E-state index in [9.17, 15) is 19.4 Å². The predicted octanol–water partition coefficient (Wildman–Crippen LogP) is 12.6. The molecule has 56 heavy (non-hydrogen) atoms. The van der Waals surface area contributed by atoms with E-state index in [0.717, 1.165) is 64.2 Å². The van der Waals surface area contributed by atoms with E-state index in [1.807, 2.05) is 0 Å². The molecule has 0 aliphatic rings. The molecule has 0 amide bonds. The SMILES string of the molecule is CCCCCC/C=C\CCCCCCCCOCC(COP(=O)(O)OCC(O)CO)OC(=O)CCCCCCCC/C=C\C/C=C\C/C=C\CCCCCCC. The maximum absolute atomic E-state index is 12.6. The zero-order valence-electron chi connectivity index (χ0n) is 35.8. The second kappa shape index (κ2) is 43.0. The van der Waals surface area contributed by atoms with Crippen LogP contribution in [-0.2, 0) is 27.9 Å². The lowest BCUT2D eigenvalue weighted by Gasteiger charge is -2.20. The summed E-state index contributed by atoms with van der Waals surface area (Å²) >= 11 is 0. The number of aliphatic hydroxyl groups excluding tert-OH is 2. The van der Waals surface area contributed by atoms with Crippen molar-refractivity contribution in [3.05, 3.63) is 48.6 Å². The van der Waals surface area contributed by atoms with Gasteiger partial charge in [-0.3, -0.25) is 13.8 Å². The number of phosphoric acid groups is 1. The highest BCUT2D eigenvalue weighted by molar-refractivity contribution is 7.47. The van der Waals surface area contributed by atoms with E-state index in [2.05, 4.69) is 62.5 Å². The lowest BCUT2D eigenvalue weighted by atomic mass is 10.1. The second-order valence-corrected chi connectivity index (χ2v) is 16.5. The Bertz CT molecular complexity index is 1010. The lowest BCUT2D eigenvalue weighted by Crippen LogP contribution is -2.29. The Morgan fingerprint density at radius 3 is 1.48 bits per heavy atom. The Kier molecular flexibility index (Phi) is 41.8. The molecule has 0 fully saturated rings. The van der Waals surface area contributed by atoms with Gasteiger partial charge in [-0.25, -0.2) is 4.57 Å². The normalized spacial score (nSPS) is 14.4. The molecule has 0 radical (unpaired) electrons. The smallest absolute Gasteiger partial charge is 0.457 e. The van der Waals surface area contributed by atoms with Gasteiger partial charge in [0.1, 0.15) is 12.2 Å². The first-order valence-corrected chi connectivity index (χ1v) is 24.1. The van der Waals surface area contributed by atoms with Crippen LogP contribution < -0.4 is 0 Å². The zero-order chi connectivity index (χ0) is 41.1. The summed E-state index contributed by atoms with van der Waals surface area (Å²) < 4.78 is 33.4. The molecule has 0 aliphatic carbocycles. The molecule has 3 atom stereocenters. The molecule has 0 bridgehead atoms. The first-order valence-electron chi connectivity index (χ1n) is 22.6. The Morgan fingerprint density at radius 2 is 0.964 bits per heavy atom. The number of hydrogen-bond donors (Lipinski definition) is 3. The Balaban J connectivity index is 4.18. The number of aliphatic hydroxyl groups is 2. The molecular formula is C46H85O9P. The van der Waals surface area contributed by atoms with Crippen LogP contribution in [0.4, 0.5) is 0 Å². The van der Waals surface area contributed by atoms with Crippen LogP contribution in [0.1, 0.15) is 194 Å². The number of allylic oxidation sites excluding steroid dienone is 8. The summed E-state index contributed by atoms with van der Waals surface area (Å²) in [6.45, 7) is 3.47. The average Bonchev–Trinajstić information content (AvgIpc) is 3.19. The fourth-order valence-corrected chi connectivity index (χ4v) is 6.79. The third-order valence-electron chi connectivity index (χ3n) is 9.49. The highest BCUT2D eigenvalue weighted by atomic mass is 31.2. The summed E-state index contributed by atoms with van der Waals surface area (Å²) in [5.74, 6) is -0.397. The van der Waals surface area contributed by atoms with Crippen molar-refractivity contribution in [1.82, 2.24) is 0 Å². The number of esters is 1. The summed E-state index contributed by atoms with van der Waals surface area (Å²) in [6.07, 6.45) is 47.8. The minimum atomic E-state index is -4.52. The van der Waals surface area contributed by atoms with E-state index in [4.69, 9.17) is 23.6 Å². The standard InChI is InChI=1S/C46H85O9P/c1-3-5-7-9-11-13-15-17-19-20-21-22-23-24-25-26-28-30-32-34-36-38-46(49)55-45(43-54-56(50,51)53-41-44(48)40-47)42-52-39-37-35-33-31-29-27-18-16-14-12-10-8-6-4-2/h14-17,20-21,23-24,44-45,47-48H,3-13,18-19,22,25-43H2,1-2H3,(H,50,51)/b16-14-,17-15-,21-20-,24-23-. The van der Waals surface area contributed by atoms with Crippen LogP contribution in [0.15, 0.2) is 48.6 Å². The maximum atomic E-state index is 12.6. The van der Waals surface area contributed by atoms with E-state index in [1.54, 1.807) is 0 Å². The molecule has 0 spiro atoms. The van der Waals surface area contributed by atoms with Crippen LogP contribution >= 0.6 is 7.82 Å². The fourth-order valence-electron chi connectivity index (χ4n) is 6.00. The quantitative estimate of drug-likeness (QED) is 0.0238. The van der Waals surface area contributed by atoms with Crippen molar-refractivity contribution in [3.63, 3.8) is 0 Å². The van der Waals surface area contributed by atoms with Gasteiger partial charge in [0, 0.05) is 13.0 Å². The number of carbonyl (C=O) groups excluding carboxylic acids is 1. The van der Waals surface area contributed by atoms with Crippen LogP contribution in [0.5, 0.6) is 0 Å². The van der Waals surface area contributed by atoms with Crippen molar-refractivity contribution in [2.45, 2.75) is 206 Å². The van der Waals surface area contributed by atoms with E-state index < -0.39 is 39.2 Å². The van der Waals surface area contributed by atoms with Gasteiger partial charge in [-0.05, 0) is 77.0 Å². The molecule has 3 unspecified atom stereocenters. The molecule has 9 nitrogen and oxygen atoms in total. The maximum Gasteiger partial charge on any atom is 0.472 e. The summed E-state index contributed by atoms with van der Waals surface area (Å²) in [4.78, 5) is 22.6. The molecule has 0 saturated carbocycles. The van der Waals surface area contributed by atoms with E-state index in [1.165, 1.54) is 103 Å². The van der Waals surface area contributed by atoms with Gasteiger partial charge in [-0.15, -0.1) is 0 Å². The second-order valence-electron chi connectivity index (χ2n) is 15.1. The van der Waals surface area contributed by atoms with Crippen molar-refractivity contribution in [2.24, 2.45) is 0 Å². The van der Waals surface area contributed by atoms with Gasteiger partial charge in [0.2, 0.25) is 0 Å². The molecule has 0 aliphatic heterocycles. The molecule has 0 aromatic rings. The van der Waals surface area contributed by atoms with Crippen molar-refractivity contribution in [3.8, 4) is 0 Å². The van der Waals surface area contributed by atoms with Crippen LogP contribution in [-0.4, -0.2) is 66.3 Å². The molecule has 0 rings (SSSR count). The van der Waals surface area contributed by atoms with Gasteiger partial charge in [0.05, 0.1) is 26.4 Å². The molecule has 328 valence electrons. The Morgan fingerprint density at radius 1 is 0.554 bits per heavy atom. The number of ether oxygens (including phenoxy) is 2. The van der Waals surface area contributed by atoms with Crippen LogP contribution in [0, 0.1) is 0 Å². The molecule has 0 aromatic carbocycles. The molecule has 0 aromatic heterocycles. The number of hydrogen-bond acceptors (Lipinski definition) is 8. The molecule has 0 heterocycles. The number of unbranched alkanes of at least 4 members (excludes halogenated alkanes) is 21. The number of rotatable bonds is 43. The topological polar surface area (TPSA) is 132 Å². The third-order valence-corrected chi connectivity index (χ3v) is 10.4. The minimum absolute atomic E-state index is 0.0389. The molecular weight excluding hydrogens is 727 g/mol. The summed E-state index contributed by atoms with van der Waals surface area (Å²) in [5.41, 5.74) is 0. The number of phosphoric ester groups is 1. The molecule has 0 saturated heterocycles. The largest absolute Gasteiger partial charge is 0.472 e. The first kappa shape index (κ1) is 54.4. The fraction of sp³-hybridized carbons (Fsp3) is 0.804. The van der Waals surface area contributed by atoms with E-state index in [-0.39, 0.29) is 19.6 Å². The van der Waals surface area contributed by atoms with Gasteiger partial charge in [0.15, 0.2) is 0 Å². The predicted molar refractivity (Wildman–Crippen MR) is 233 cm³/mol. The van der Waals surface area contributed by atoms with Crippen LogP contribution in [0.25, 0.3) is 0 Å². The lowest BCUT2D eigenvalue weighted by molar-refractivity contribution is -0.154. The van der Waals surface area contributed by atoms with Crippen molar-refractivity contribution in [1.29, 1.82) is 0 Å². The third kappa shape index (κ3) is 42.0. The zero-order valence-corrected chi connectivity index (χ0v) is 36.7. The highest BCUT2D eigenvalue weighted by Gasteiger charge is 2.26. The first-order chi connectivity index (χ1) is 27.3. The van der Waals surface area contributed by atoms with E-state index in [0.29, 0.717) is 13.0 Å². The monoisotopic (exact) mass is 813 g/mol. The average molecular weight is 813 g/mol. The van der Waals surface area contributed by atoms with Crippen molar-refractivity contribution < 1.29 is 43.0 Å². The summed E-state index contributed by atoms with van der Waals surface area (Å²) in [6, 6.07) is 0. The van der Waals surface area contributed by atoms with Crippen molar-refractivity contribution in [2.75, 3.05) is 33.0 Å². The van der Waals surface area contributed by atoms with Crippen molar-refractivity contribution >= 4 is 13.8 Å². The molecule has 10 heteroatoms. The van der Waals surface area contributed by atoms with Crippen LogP contribution in [0.2, 0.25) is 0 Å². The summed E-state index contributed by atoms with van der Waals surface area (Å²) in [7, 11) is -4.52. The van der Waals surface area contributed by atoms with Gasteiger partial charge in [0.25, 0.3) is 0 Å². The van der Waals surface area contributed by atoms with Gasteiger partial charge in [-0.2, -0.15) is 0 Å². The van der Waals surface area contributed by atoms with Gasteiger partial charge in [-0.1, -0.05) is 159 Å². The Labute approximate surface area is 343 Å². The minimum Gasteiger partial charge on any atom is -0.457 e. The molecule has 3 N–H and O–H groups in total. The van der Waals surface area contributed by atoms with Gasteiger partial charge < -0.3 is 24.6 Å². The van der Waals surface area contributed by atoms with E-state index >= 15 is 0 Å². The number of carbonyl (C=O) groups is 1. The highest BCUT2D eigenvalue weighted by Crippen LogP contribution is 2.43. The summed E-state index contributed by atoms with van der Waals surface area (Å²) in [5, 5.41) is 18.4. The van der Waals surface area contributed by atoms with Crippen LogP contribution in [0.3, 0.4) is 0 Å². The Hall–Kier alpha value is -1.58.